The van der Waals surface area contributed by atoms with E-state index in [0.717, 1.165) is 12.1 Å². The molecule has 2 aromatic heterocycles. The number of ether oxygens (including phenoxy) is 1. The average Bonchev–Trinajstić information content (AvgIpc) is 2.87. The maximum atomic E-state index is 11.2. The fraction of sp³-hybridized carbons (Fsp3) is 0.273. The van der Waals surface area contributed by atoms with E-state index in [1.54, 1.807) is 12.4 Å². The predicted molar refractivity (Wildman–Crippen MR) is 58.2 cm³/mol. The van der Waals surface area contributed by atoms with Gasteiger partial charge in [0.15, 0.2) is 11.5 Å². The lowest BCUT2D eigenvalue weighted by Gasteiger charge is -1.99. The van der Waals surface area contributed by atoms with Gasteiger partial charge in [0.05, 0.1) is 12.8 Å². The number of aromatic nitrogens is 3. The summed E-state index contributed by atoms with van der Waals surface area (Å²) in [7, 11) is 1.29. The van der Waals surface area contributed by atoms with E-state index in [2.05, 4.69) is 19.9 Å². The summed E-state index contributed by atoms with van der Waals surface area (Å²) in [5.41, 5.74) is 1.51. The van der Waals surface area contributed by atoms with Crippen LogP contribution >= 0.6 is 0 Å². The van der Waals surface area contributed by atoms with Gasteiger partial charge in [0.1, 0.15) is 5.69 Å². The number of rotatable bonds is 3. The third-order valence-electron chi connectivity index (χ3n) is 2.25. The van der Waals surface area contributed by atoms with Crippen molar-refractivity contribution in [3.05, 3.63) is 29.8 Å². The molecule has 0 radical (unpaired) electrons. The number of nitrogens with zero attached hydrogens (tertiary/aromatic N) is 3. The van der Waals surface area contributed by atoms with Crippen LogP contribution in [-0.2, 0) is 11.2 Å². The first-order valence-electron chi connectivity index (χ1n) is 5.11. The molecule has 0 aliphatic carbocycles. The molecule has 0 aliphatic heterocycles. The van der Waals surface area contributed by atoms with Gasteiger partial charge >= 0.3 is 5.97 Å². The Hall–Kier alpha value is -2.24. The summed E-state index contributed by atoms with van der Waals surface area (Å²) in [5.74, 6) is -0.128. The van der Waals surface area contributed by atoms with Gasteiger partial charge in [0, 0.05) is 18.5 Å². The number of aryl methyl sites for hydroxylation is 1. The Labute approximate surface area is 97.6 Å². The Balaban J connectivity index is 2.40. The first-order chi connectivity index (χ1) is 8.26. The van der Waals surface area contributed by atoms with Crippen LogP contribution in [-0.4, -0.2) is 28.2 Å². The van der Waals surface area contributed by atoms with Crippen molar-refractivity contribution < 1.29 is 14.1 Å². The Morgan fingerprint density at radius 2 is 2.18 bits per heavy atom. The molecule has 88 valence electrons. The van der Waals surface area contributed by atoms with Crippen molar-refractivity contribution in [3.63, 3.8) is 0 Å². The van der Waals surface area contributed by atoms with E-state index in [4.69, 9.17) is 4.52 Å². The van der Waals surface area contributed by atoms with E-state index < -0.39 is 5.97 Å². The standard InChI is InChI=1S/C11H11N3O3/c1-3-7-10(13-5-4-12-7)9-6-8(14-17-9)11(15)16-2/h4-6H,3H2,1-2H3. The van der Waals surface area contributed by atoms with Crippen LogP contribution in [0.25, 0.3) is 11.5 Å². The fourth-order valence-electron chi connectivity index (χ4n) is 1.42. The molecular weight excluding hydrogens is 222 g/mol. The summed E-state index contributed by atoms with van der Waals surface area (Å²) in [5, 5.41) is 3.62. The molecule has 0 fully saturated rings. The molecule has 0 unspecified atom stereocenters. The molecule has 2 aromatic rings. The monoisotopic (exact) mass is 233 g/mol. The van der Waals surface area contributed by atoms with Gasteiger partial charge in [0.2, 0.25) is 0 Å². The fourth-order valence-corrected chi connectivity index (χ4v) is 1.42. The Kier molecular flexibility index (Phi) is 3.13. The SMILES string of the molecule is CCc1nccnc1-c1cc(C(=O)OC)no1. The van der Waals surface area contributed by atoms with Gasteiger partial charge in [-0.25, -0.2) is 9.78 Å². The first kappa shape index (κ1) is 11.3. The van der Waals surface area contributed by atoms with Gasteiger partial charge in [-0.2, -0.15) is 0 Å². The minimum Gasteiger partial charge on any atom is -0.464 e. The maximum absolute atomic E-state index is 11.2. The van der Waals surface area contributed by atoms with Gasteiger partial charge in [-0.05, 0) is 6.42 Å². The average molecular weight is 233 g/mol. The molecule has 2 heterocycles. The van der Waals surface area contributed by atoms with Gasteiger partial charge < -0.3 is 9.26 Å². The summed E-state index contributed by atoms with van der Waals surface area (Å²) >= 11 is 0. The van der Waals surface area contributed by atoms with Crippen molar-refractivity contribution >= 4 is 5.97 Å². The molecule has 0 amide bonds. The zero-order chi connectivity index (χ0) is 12.3. The summed E-state index contributed by atoms with van der Waals surface area (Å²) in [6, 6.07) is 1.50. The van der Waals surface area contributed by atoms with Crippen LogP contribution in [0.2, 0.25) is 0 Å². The summed E-state index contributed by atoms with van der Waals surface area (Å²) in [4.78, 5) is 19.6. The topological polar surface area (TPSA) is 78.1 Å². The van der Waals surface area contributed by atoms with E-state index in [0.29, 0.717) is 11.5 Å². The molecule has 0 saturated carbocycles. The second-order valence-corrected chi connectivity index (χ2v) is 3.27. The maximum Gasteiger partial charge on any atom is 0.360 e. The molecule has 0 aliphatic rings. The minimum absolute atomic E-state index is 0.121. The molecule has 0 aromatic carbocycles. The summed E-state index contributed by atoms with van der Waals surface area (Å²) in [6.07, 6.45) is 3.90. The molecular formula is C11H11N3O3. The molecule has 0 atom stereocenters. The lowest BCUT2D eigenvalue weighted by Crippen LogP contribution is -2.00. The molecule has 0 spiro atoms. The Morgan fingerprint density at radius 1 is 1.41 bits per heavy atom. The van der Waals surface area contributed by atoms with Gasteiger partial charge in [-0.3, -0.25) is 4.98 Å². The van der Waals surface area contributed by atoms with Gasteiger partial charge in [-0.1, -0.05) is 12.1 Å². The number of hydrogen-bond donors (Lipinski definition) is 0. The molecule has 0 N–H and O–H groups in total. The lowest BCUT2D eigenvalue weighted by atomic mass is 10.2. The normalized spacial score (nSPS) is 10.2. The molecule has 2 rings (SSSR count). The van der Waals surface area contributed by atoms with E-state index in [1.165, 1.54) is 13.2 Å². The number of esters is 1. The summed E-state index contributed by atoms with van der Waals surface area (Å²) in [6.45, 7) is 1.96. The van der Waals surface area contributed by atoms with Crippen LogP contribution in [0.15, 0.2) is 23.0 Å². The molecule has 6 heteroatoms. The predicted octanol–water partition coefficient (Wildman–Crippen LogP) is 1.48. The highest BCUT2D eigenvalue weighted by Gasteiger charge is 2.16. The van der Waals surface area contributed by atoms with Crippen molar-refractivity contribution in [1.29, 1.82) is 0 Å². The molecule has 17 heavy (non-hydrogen) atoms. The van der Waals surface area contributed by atoms with Crippen LogP contribution < -0.4 is 0 Å². The van der Waals surface area contributed by atoms with Gasteiger partial charge in [0.25, 0.3) is 0 Å². The zero-order valence-electron chi connectivity index (χ0n) is 9.51. The van der Waals surface area contributed by atoms with Crippen molar-refractivity contribution in [2.45, 2.75) is 13.3 Å². The third-order valence-corrected chi connectivity index (χ3v) is 2.25. The second-order valence-electron chi connectivity index (χ2n) is 3.27. The van der Waals surface area contributed by atoms with Crippen molar-refractivity contribution in [2.24, 2.45) is 0 Å². The largest absolute Gasteiger partial charge is 0.464 e. The van der Waals surface area contributed by atoms with Crippen LogP contribution in [0.1, 0.15) is 23.1 Å². The lowest BCUT2D eigenvalue weighted by molar-refractivity contribution is 0.0589. The minimum atomic E-state index is -0.540. The zero-order valence-corrected chi connectivity index (χ0v) is 9.51. The van der Waals surface area contributed by atoms with Gasteiger partial charge in [-0.15, -0.1) is 0 Å². The smallest absolute Gasteiger partial charge is 0.360 e. The third kappa shape index (κ3) is 2.15. The number of hydrogen-bond acceptors (Lipinski definition) is 6. The number of methoxy groups -OCH3 is 1. The Morgan fingerprint density at radius 3 is 2.88 bits per heavy atom. The number of carbonyl (C=O) groups is 1. The van der Waals surface area contributed by atoms with E-state index in [-0.39, 0.29) is 5.69 Å². The highest BCUT2D eigenvalue weighted by Crippen LogP contribution is 2.21. The first-order valence-corrected chi connectivity index (χ1v) is 5.11. The van der Waals surface area contributed by atoms with Crippen LogP contribution in [0.3, 0.4) is 0 Å². The van der Waals surface area contributed by atoms with Crippen LogP contribution in [0, 0.1) is 0 Å². The number of carbonyl (C=O) groups excluding carboxylic acids is 1. The van der Waals surface area contributed by atoms with E-state index >= 15 is 0 Å². The van der Waals surface area contributed by atoms with Crippen LogP contribution in [0.4, 0.5) is 0 Å². The van der Waals surface area contributed by atoms with Crippen molar-refractivity contribution in [2.75, 3.05) is 7.11 Å². The second kappa shape index (κ2) is 4.73. The van der Waals surface area contributed by atoms with E-state index in [1.807, 2.05) is 6.92 Å². The summed E-state index contributed by atoms with van der Waals surface area (Å²) < 4.78 is 9.61. The highest BCUT2D eigenvalue weighted by molar-refractivity contribution is 5.88. The molecule has 0 bridgehead atoms. The van der Waals surface area contributed by atoms with E-state index in [9.17, 15) is 4.79 Å². The van der Waals surface area contributed by atoms with Crippen LogP contribution in [0.5, 0.6) is 0 Å². The van der Waals surface area contributed by atoms with Crippen molar-refractivity contribution in [3.8, 4) is 11.5 Å². The molecule has 6 nitrogen and oxygen atoms in total. The highest BCUT2D eigenvalue weighted by atomic mass is 16.5. The quantitative estimate of drug-likeness (QED) is 0.747. The van der Waals surface area contributed by atoms with Crippen molar-refractivity contribution in [1.82, 2.24) is 15.1 Å². The molecule has 0 saturated heterocycles. The Bertz CT molecular complexity index is 536.